The van der Waals surface area contributed by atoms with Crippen molar-refractivity contribution in [2.75, 3.05) is 13.2 Å². The first-order valence-corrected chi connectivity index (χ1v) is 5.16. The van der Waals surface area contributed by atoms with E-state index in [2.05, 4.69) is 43.4 Å². The van der Waals surface area contributed by atoms with Gasteiger partial charge >= 0.3 is 0 Å². The lowest BCUT2D eigenvalue weighted by Gasteiger charge is -2.30. The third-order valence-corrected chi connectivity index (χ3v) is 2.70. The Morgan fingerprint density at radius 2 is 1.93 bits per heavy atom. The molecule has 1 aromatic carbocycles. The van der Waals surface area contributed by atoms with Crippen molar-refractivity contribution < 1.29 is 4.74 Å². The highest BCUT2D eigenvalue weighted by Crippen LogP contribution is 2.15. The number of hydrogen-bond acceptors (Lipinski definition) is 2. The van der Waals surface area contributed by atoms with Gasteiger partial charge in [-0.15, -0.1) is 0 Å². The standard InChI is InChI=1S/C12H17NO/c1-9-3-5-11(6-4-9)10(2)13-12-7-14-8-12/h3-6,10,12-13H,7-8H2,1-2H3/t10-/m0/s1. The fourth-order valence-corrected chi connectivity index (χ4v) is 1.64. The van der Waals surface area contributed by atoms with Crippen LogP contribution in [0.3, 0.4) is 0 Å². The van der Waals surface area contributed by atoms with Gasteiger partial charge in [0.2, 0.25) is 0 Å². The van der Waals surface area contributed by atoms with Gasteiger partial charge in [0.1, 0.15) is 0 Å². The Hall–Kier alpha value is -0.860. The van der Waals surface area contributed by atoms with Crippen LogP contribution in [0.1, 0.15) is 24.1 Å². The summed E-state index contributed by atoms with van der Waals surface area (Å²) >= 11 is 0. The van der Waals surface area contributed by atoms with E-state index in [1.54, 1.807) is 0 Å². The number of rotatable bonds is 3. The maximum absolute atomic E-state index is 5.13. The van der Waals surface area contributed by atoms with Crippen molar-refractivity contribution in [3.8, 4) is 0 Å². The Morgan fingerprint density at radius 1 is 1.29 bits per heavy atom. The van der Waals surface area contributed by atoms with Gasteiger partial charge in [0.15, 0.2) is 0 Å². The average molecular weight is 191 g/mol. The maximum atomic E-state index is 5.13. The first-order chi connectivity index (χ1) is 6.75. The molecule has 1 atom stereocenters. The van der Waals surface area contributed by atoms with E-state index in [4.69, 9.17) is 4.74 Å². The summed E-state index contributed by atoms with van der Waals surface area (Å²) in [5.41, 5.74) is 2.66. The highest BCUT2D eigenvalue weighted by molar-refractivity contribution is 5.23. The molecule has 2 nitrogen and oxygen atoms in total. The Labute approximate surface area is 85.3 Å². The van der Waals surface area contributed by atoms with Crippen LogP contribution < -0.4 is 5.32 Å². The Balaban J connectivity index is 1.95. The first-order valence-electron chi connectivity index (χ1n) is 5.16. The molecule has 14 heavy (non-hydrogen) atoms. The van der Waals surface area contributed by atoms with Crippen LogP contribution in [-0.4, -0.2) is 19.3 Å². The highest BCUT2D eigenvalue weighted by Gasteiger charge is 2.20. The minimum absolute atomic E-state index is 0.421. The van der Waals surface area contributed by atoms with Gasteiger partial charge in [0.25, 0.3) is 0 Å². The van der Waals surface area contributed by atoms with Crippen molar-refractivity contribution in [3.05, 3.63) is 35.4 Å². The number of aryl methyl sites for hydroxylation is 1. The molecule has 0 bridgehead atoms. The van der Waals surface area contributed by atoms with Gasteiger partial charge < -0.3 is 10.1 Å². The molecular formula is C12H17NO. The Kier molecular flexibility index (Phi) is 2.85. The molecule has 0 aliphatic carbocycles. The van der Waals surface area contributed by atoms with E-state index in [1.807, 2.05) is 0 Å². The molecule has 0 spiro atoms. The number of benzene rings is 1. The summed E-state index contributed by atoms with van der Waals surface area (Å²) in [4.78, 5) is 0. The lowest BCUT2D eigenvalue weighted by Crippen LogP contribution is -2.46. The minimum Gasteiger partial charge on any atom is -0.378 e. The number of hydrogen-bond donors (Lipinski definition) is 1. The van der Waals surface area contributed by atoms with Crippen LogP contribution in [0, 0.1) is 6.92 Å². The molecule has 0 radical (unpaired) electrons. The zero-order valence-electron chi connectivity index (χ0n) is 8.79. The molecule has 2 rings (SSSR count). The summed E-state index contributed by atoms with van der Waals surface area (Å²) < 4.78 is 5.13. The van der Waals surface area contributed by atoms with Gasteiger partial charge in [-0.3, -0.25) is 0 Å². The van der Waals surface area contributed by atoms with Gasteiger partial charge in [-0.05, 0) is 19.4 Å². The summed E-state index contributed by atoms with van der Waals surface area (Å²) in [5, 5.41) is 3.53. The van der Waals surface area contributed by atoms with Crippen molar-refractivity contribution in [2.45, 2.75) is 25.9 Å². The lowest BCUT2D eigenvalue weighted by atomic mass is 10.1. The maximum Gasteiger partial charge on any atom is 0.0643 e. The van der Waals surface area contributed by atoms with Crippen molar-refractivity contribution in [3.63, 3.8) is 0 Å². The summed E-state index contributed by atoms with van der Waals surface area (Å²) in [6.07, 6.45) is 0. The smallest absolute Gasteiger partial charge is 0.0643 e. The molecule has 1 saturated heterocycles. The van der Waals surface area contributed by atoms with E-state index in [-0.39, 0.29) is 0 Å². The summed E-state index contributed by atoms with van der Waals surface area (Å²) in [7, 11) is 0. The number of nitrogens with one attached hydrogen (secondary N) is 1. The van der Waals surface area contributed by atoms with Crippen LogP contribution in [0.4, 0.5) is 0 Å². The van der Waals surface area contributed by atoms with E-state index >= 15 is 0 Å². The molecular weight excluding hydrogens is 174 g/mol. The molecule has 1 aliphatic heterocycles. The molecule has 1 heterocycles. The molecule has 1 aromatic rings. The Bertz CT molecular complexity index is 290. The van der Waals surface area contributed by atoms with Crippen molar-refractivity contribution in [1.82, 2.24) is 5.32 Å². The van der Waals surface area contributed by atoms with Crippen LogP contribution in [0.15, 0.2) is 24.3 Å². The first kappa shape index (κ1) is 9.69. The molecule has 0 amide bonds. The molecule has 0 unspecified atom stereocenters. The largest absolute Gasteiger partial charge is 0.378 e. The fraction of sp³-hybridized carbons (Fsp3) is 0.500. The van der Waals surface area contributed by atoms with E-state index in [1.165, 1.54) is 11.1 Å². The molecule has 1 aliphatic rings. The second-order valence-corrected chi connectivity index (χ2v) is 4.03. The zero-order valence-corrected chi connectivity index (χ0v) is 8.79. The van der Waals surface area contributed by atoms with Crippen LogP contribution in [0.2, 0.25) is 0 Å². The molecule has 2 heteroatoms. The fourth-order valence-electron chi connectivity index (χ4n) is 1.64. The van der Waals surface area contributed by atoms with Gasteiger partial charge in [-0.25, -0.2) is 0 Å². The third kappa shape index (κ3) is 2.14. The predicted molar refractivity (Wildman–Crippen MR) is 57.3 cm³/mol. The zero-order chi connectivity index (χ0) is 9.97. The molecule has 1 N–H and O–H groups in total. The van der Waals surface area contributed by atoms with Crippen molar-refractivity contribution in [1.29, 1.82) is 0 Å². The molecule has 0 aromatic heterocycles. The summed E-state index contributed by atoms with van der Waals surface area (Å²) in [5.74, 6) is 0. The molecule has 0 saturated carbocycles. The lowest BCUT2D eigenvalue weighted by molar-refractivity contribution is -0.00925. The number of ether oxygens (including phenoxy) is 1. The Morgan fingerprint density at radius 3 is 2.43 bits per heavy atom. The normalized spacial score (nSPS) is 19.0. The highest BCUT2D eigenvalue weighted by atomic mass is 16.5. The second-order valence-electron chi connectivity index (χ2n) is 4.03. The second kappa shape index (κ2) is 4.11. The van der Waals surface area contributed by atoms with Gasteiger partial charge in [-0.2, -0.15) is 0 Å². The predicted octanol–water partition coefficient (Wildman–Crippen LogP) is 2.04. The minimum atomic E-state index is 0.421. The van der Waals surface area contributed by atoms with E-state index in [0.717, 1.165) is 13.2 Å². The van der Waals surface area contributed by atoms with Crippen LogP contribution in [-0.2, 0) is 4.74 Å². The summed E-state index contributed by atoms with van der Waals surface area (Å²) in [6, 6.07) is 9.66. The van der Waals surface area contributed by atoms with Gasteiger partial charge in [0.05, 0.1) is 19.3 Å². The van der Waals surface area contributed by atoms with Gasteiger partial charge in [-0.1, -0.05) is 29.8 Å². The topological polar surface area (TPSA) is 21.3 Å². The van der Waals surface area contributed by atoms with Crippen LogP contribution in [0.5, 0.6) is 0 Å². The van der Waals surface area contributed by atoms with E-state index < -0.39 is 0 Å². The average Bonchev–Trinajstić information content (AvgIpc) is 2.12. The van der Waals surface area contributed by atoms with E-state index in [9.17, 15) is 0 Å². The van der Waals surface area contributed by atoms with Gasteiger partial charge in [0, 0.05) is 6.04 Å². The van der Waals surface area contributed by atoms with Crippen LogP contribution in [0.25, 0.3) is 0 Å². The van der Waals surface area contributed by atoms with Crippen molar-refractivity contribution >= 4 is 0 Å². The van der Waals surface area contributed by atoms with Crippen LogP contribution >= 0.6 is 0 Å². The monoisotopic (exact) mass is 191 g/mol. The van der Waals surface area contributed by atoms with E-state index in [0.29, 0.717) is 12.1 Å². The molecule has 1 fully saturated rings. The third-order valence-electron chi connectivity index (χ3n) is 2.70. The SMILES string of the molecule is Cc1ccc([C@H](C)NC2COC2)cc1. The summed E-state index contributed by atoms with van der Waals surface area (Å²) in [6.45, 7) is 6.02. The van der Waals surface area contributed by atoms with Crippen molar-refractivity contribution in [2.24, 2.45) is 0 Å². The quantitative estimate of drug-likeness (QED) is 0.789. The molecule has 76 valence electrons.